The van der Waals surface area contributed by atoms with Crippen molar-refractivity contribution >= 4 is 34.5 Å². The van der Waals surface area contributed by atoms with Crippen LogP contribution in [0.25, 0.3) is 0 Å². The van der Waals surface area contributed by atoms with E-state index in [1.54, 1.807) is 35.6 Å². The summed E-state index contributed by atoms with van der Waals surface area (Å²) in [6.45, 7) is 0. The minimum Gasteiger partial charge on any atom is -0.324 e. The third-order valence-corrected chi connectivity index (χ3v) is 4.77. The fraction of sp³-hybridized carbons (Fsp3) is 0.143. The molecule has 1 aromatic heterocycles. The Kier molecular flexibility index (Phi) is 6.01. The first-order valence-corrected chi connectivity index (χ1v) is 9.45. The van der Waals surface area contributed by atoms with Crippen LogP contribution in [0.15, 0.2) is 71.4 Å². The minimum absolute atomic E-state index is 0.111. The molecule has 0 fully saturated rings. The molecule has 0 bridgehead atoms. The predicted octanol–water partition coefficient (Wildman–Crippen LogP) is 4.24. The zero-order valence-corrected chi connectivity index (χ0v) is 16.0. The van der Waals surface area contributed by atoms with Gasteiger partial charge in [-0.05, 0) is 72.9 Å². The van der Waals surface area contributed by atoms with Gasteiger partial charge < -0.3 is 10.6 Å². The lowest BCUT2D eigenvalue weighted by Gasteiger charge is -2.22. The summed E-state index contributed by atoms with van der Waals surface area (Å²) >= 11 is 1.56. The lowest BCUT2D eigenvalue weighted by molar-refractivity contribution is -0.120. The maximum absolute atomic E-state index is 12.7. The number of carbonyl (C=O) groups excluding carboxylic acids is 2. The normalized spacial score (nSPS) is 11.8. The number of carbonyl (C=O) groups is 2. The summed E-state index contributed by atoms with van der Waals surface area (Å²) in [6.07, 6.45) is 0. The van der Waals surface area contributed by atoms with Crippen molar-refractivity contribution in [2.75, 3.05) is 24.7 Å². The molecule has 27 heavy (non-hydrogen) atoms. The molecule has 2 aromatic carbocycles. The number of amides is 2. The number of rotatable bonds is 6. The Bertz CT molecular complexity index is 891. The van der Waals surface area contributed by atoms with Crippen molar-refractivity contribution in [3.8, 4) is 0 Å². The Morgan fingerprint density at radius 3 is 2.15 bits per heavy atom. The number of anilines is 2. The topological polar surface area (TPSA) is 61.4 Å². The van der Waals surface area contributed by atoms with Gasteiger partial charge in [-0.2, -0.15) is 11.3 Å². The standard InChI is InChI=1S/C21H21N3O2S/c1-24(2)19(16-12-13-27-14-16)21(26)23-18-10-8-15(9-11-18)20(25)22-17-6-4-3-5-7-17/h3-14,19H,1-2H3,(H,22,25)(H,23,26). The molecule has 2 N–H and O–H groups in total. The number of hydrogen-bond acceptors (Lipinski definition) is 4. The quantitative estimate of drug-likeness (QED) is 0.673. The zero-order chi connectivity index (χ0) is 19.2. The fourth-order valence-electron chi connectivity index (χ4n) is 2.75. The van der Waals surface area contributed by atoms with E-state index in [0.29, 0.717) is 11.3 Å². The van der Waals surface area contributed by atoms with Crippen LogP contribution >= 0.6 is 11.3 Å². The van der Waals surface area contributed by atoms with E-state index < -0.39 is 0 Å². The first-order chi connectivity index (χ1) is 13.0. The van der Waals surface area contributed by atoms with E-state index in [4.69, 9.17) is 0 Å². The number of nitrogens with zero attached hydrogens (tertiary/aromatic N) is 1. The SMILES string of the molecule is CN(C)C(C(=O)Nc1ccc(C(=O)Nc2ccccc2)cc1)c1ccsc1. The lowest BCUT2D eigenvalue weighted by atomic mass is 10.1. The van der Waals surface area contributed by atoms with Gasteiger partial charge in [0.05, 0.1) is 0 Å². The average molecular weight is 379 g/mol. The van der Waals surface area contributed by atoms with Gasteiger partial charge in [0.2, 0.25) is 5.91 Å². The molecule has 138 valence electrons. The fourth-order valence-corrected chi connectivity index (χ4v) is 3.43. The van der Waals surface area contributed by atoms with Crippen LogP contribution in [-0.4, -0.2) is 30.8 Å². The number of thiophene rings is 1. The molecule has 3 rings (SSSR count). The van der Waals surface area contributed by atoms with Crippen molar-refractivity contribution < 1.29 is 9.59 Å². The highest BCUT2D eigenvalue weighted by Gasteiger charge is 2.23. The average Bonchev–Trinajstić information content (AvgIpc) is 3.17. The summed E-state index contributed by atoms with van der Waals surface area (Å²) in [5, 5.41) is 9.69. The molecule has 1 atom stereocenters. The van der Waals surface area contributed by atoms with E-state index in [1.807, 2.05) is 66.2 Å². The van der Waals surface area contributed by atoms with Crippen LogP contribution in [0.5, 0.6) is 0 Å². The number of para-hydroxylation sites is 1. The van der Waals surface area contributed by atoms with Crippen LogP contribution in [0.4, 0.5) is 11.4 Å². The second-order valence-corrected chi connectivity index (χ2v) is 7.09. The minimum atomic E-state index is -0.364. The molecule has 1 heterocycles. The monoisotopic (exact) mass is 379 g/mol. The molecule has 2 amide bonds. The molecule has 5 nitrogen and oxygen atoms in total. The van der Waals surface area contributed by atoms with E-state index in [2.05, 4.69) is 10.6 Å². The van der Waals surface area contributed by atoms with Crippen LogP contribution in [0.3, 0.4) is 0 Å². The summed E-state index contributed by atoms with van der Waals surface area (Å²) in [5.41, 5.74) is 2.88. The zero-order valence-electron chi connectivity index (χ0n) is 15.2. The van der Waals surface area contributed by atoms with Crippen LogP contribution < -0.4 is 10.6 Å². The van der Waals surface area contributed by atoms with E-state index in [1.165, 1.54) is 0 Å². The molecule has 0 saturated carbocycles. The molecule has 0 aliphatic heterocycles. The molecule has 0 aliphatic rings. The van der Waals surface area contributed by atoms with Crippen LogP contribution in [-0.2, 0) is 4.79 Å². The summed E-state index contributed by atoms with van der Waals surface area (Å²) in [7, 11) is 3.75. The van der Waals surface area contributed by atoms with Crippen LogP contribution in [0, 0.1) is 0 Å². The molecule has 6 heteroatoms. The maximum Gasteiger partial charge on any atom is 0.255 e. The van der Waals surface area contributed by atoms with Crippen LogP contribution in [0.2, 0.25) is 0 Å². The molecule has 0 radical (unpaired) electrons. The highest BCUT2D eigenvalue weighted by Crippen LogP contribution is 2.23. The largest absolute Gasteiger partial charge is 0.324 e. The molecule has 0 saturated heterocycles. The van der Waals surface area contributed by atoms with E-state index in [0.717, 1.165) is 11.3 Å². The Morgan fingerprint density at radius 1 is 0.889 bits per heavy atom. The first kappa shape index (κ1) is 18.8. The summed E-state index contributed by atoms with van der Waals surface area (Å²) in [5.74, 6) is -0.302. The van der Waals surface area contributed by atoms with Gasteiger partial charge in [-0.15, -0.1) is 0 Å². The number of nitrogens with one attached hydrogen (secondary N) is 2. The van der Waals surface area contributed by atoms with Gasteiger partial charge in [0.1, 0.15) is 6.04 Å². The predicted molar refractivity (Wildman–Crippen MR) is 110 cm³/mol. The lowest BCUT2D eigenvalue weighted by Crippen LogP contribution is -2.31. The van der Waals surface area contributed by atoms with Gasteiger partial charge in [-0.3, -0.25) is 14.5 Å². The Morgan fingerprint density at radius 2 is 1.56 bits per heavy atom. The Labute approximate surface area is 162 Å². The summed E-state index contributed by atoms with van der Waals surface area (Å²) < 4.78 is 0. The van der Waals surface area contributed by atoms with Crippen LogP contribution in [0.1, 0.15) is 22.0 Å². The van der Waals surface area contributed by atoms with Gasteiger partial charge in [-0.1, -0.05) is 18.2 Å². The second kappa shape index (κ2) is 8.62. The molecular weight excluding hydrogens is 358 g/mol. The third-order valence-electron chi connectivity index (χ3n) is 4.07. The van der Waals surface area contributed by atoms with Crippen molar-refractivity contribution in [3.05, 3.63) is 82.6 Å². The van der Waals surface area contributed by atoms with Gasteiger partial charge in [0.25, 0.3) is 5.91 Å². The summed E-state index contributed by atoms with van der Waals surface area (Å²) in [4.78, 5) is 26.9. The van der Waals surface area contributed by atoms with Crippen molar-refractivity contribution in [1.82, 2.24) is 4.90 Å². The van der Waals surface area contributed by atoms with Crippen molar-refractivity contribution in [2.45, 2.75) is 6.04 Å². The van der Waals surface area contributed by atoms with E-state index in [9.17, 15) is 9.59 Å². The smallest absolute Gasteiger partial charge is 0.255 e. The van der Waals surface area contributed by atoms with Crippen molar-refractivity contribution in [1.29, 1.82) is 0 Å². The Balaban J connectivity index is 1.66. The third kappa shape index (κ3) is 4.81. The number of benzene rings is 2. The first-order valence-electron chi connectivity index (χ1n) is 8.50. The molecule has 1 unspecified atom stereocenters. The van der Waals surface area contributed by atoms with Gasteiger partial charge in [0, 0.05) is 16.9 Å². The molecular formula is C21H21N3O2S. The molecule has 0 aliphatic carbocycles. The summed E-state index contributed by atoms with van der Waals surface area (Å²) in [6, 6.07) is 17.7. The van der Waals surface area contributed by atoms with Crippen molar-refractivity contribution in [2.24, 2.45) is 0 Å². The van der Waals surface area contributed by atoms with Crippen molar-refractivity contribution in [3.63, 3.8) is 0 Å². The molecule has 3 aromatic rings. The Hall–Kier alpha value is -2.96. The highest BCUT2D eigenvalue weighted by molar-refractivity contribution is 7.08. The van der Waals surface area contributed by atoms with Gasteiger partial charge >= 0.3 is 0 Å². The van der Waals surface area contributed by atoms with Gasteiger partial charge in [0.15, 0.2) is 0 Å². The molecule has 0 spiro atoms. The van der Waals surface area contributed by atoms with E-state index in [-0.39, 0.29) is 17.9 Å². The second-order valence-electron chi connectivity index (χ2n) is 6.31. The van der Waals surface area contributed by atoms with E-state index >= 15 is 0 Å². The number of likely N-dealkylation sites (N-methyl/N-ethyl adjacent to an activating group) is 1. The van der Waals surface area contributed by atoms with Gasteiger partial charge in [-0.25, -0.2) is 0 Å². The maximum atomic E-state index is 12.7. The number of hydrogen-bond donors (Lipinski definition) is 2. The highest BCUT2D eigenvalue weighted by atomic mass is 32.1.